The third-order valence-electron chi connectivity index (χ3n) is 7.72. The molecule has 2 heterocycles. The second-order valence-corrected chi connectivity index (χ2v) is 10.8. The zero-order valence-corrected chi connectivity index (χ0v) is 22.1. The molecule has 1 aromatic heterocycles. The van der Waals surface area contributed by atoms with Crippen molar-refractivity contribution < 1.29 is 9.53 Å². The van der Waals surface area contributed by atoms with Crippen LogP contribution in [0, 0.1) is 0 Å². The lowest BCUT2D eigenvalue weighted by atomic mass is 9.84. The highest BCUT2D eigenvalue weighted by molar-refractivity contribution is 6.30. The highest BCUT2D eigenvalue weighted by Crippen LogP contribution is 2.38. The molecule has 0 atom stereocenters. The fourth-order valence-electron chi connectivity index (χ4n) is 5.52. The van der Waals surface area contributed by atoms with Crippen LogP contribution in [0.5, 0.6) is 0 Å². The van der Waals surface area contributed by atoms with Crippen molar-refractivity contribution in [2.45, 2.75) is 51.5 Å². The molecule has 0 N–H and O–H groups in total. The Morgan fingerprint density at radius 1 is 1.00 bits per heavy atom. The molecular weight excluding hydrogens is 468 g/mol. The number of esters is 1. The number of hydrogen-bond donors (Lipinski definition) is 0. The Hall–Kier alpha value is -2.95. The van der Waals surface area contributed by atoms with E-state index in [4.69, 9.17) is 21.3 Å². The lowest BCUT2D eigenvalue weighted by molar-refractivity contribution is -0.146. The molecule has 5 heteroatoms. The van der Waals surface area contributed by atoms with Crippen LogP contribution in [0.1, 0.15) is 60.2 Å². The van der Waals surface area contributed by atoms with Gasteiger partial charge in [0, 0.05) is 36.4 Å². The number of rotatable bonds is 4. The van der Waals surface area contributed by atoms with Crippen molar-refractivity contribution in [3.8, 4) is 0 Å². The Morgan fingerprint density at radius 3 is 2.44 bits per heavy atom. The van der Waals surface area contributed by atoms with Gasteiger partial charge in [0.05, 0.1) is 18.2 Å². The maximum absolute atomic E-state index is 12.1. The summed E-state index contributed by atoms with van der Waals surface area (Å²) in [6, 6.07) is 19.0. The molecule has 0 spiro atoms. The van der Waals surface area contributed by atoms with Crippen molar-refractivity contribution >= 4 is 23.1 Å². The predicted octanol–water partition coefficient (Wildman–Crippen LogP) is 6.38. The minimum absolute atomic E-state index is 0.217. The summed E-state index contributed by atoms with van der Waals surface area (Å²) in [5.74, 6) is -0.217. The lowest BCUT2D eigenvalue weighted by Gasteiger charge is -2.30. The molecular formula is C31H33ClN2O2. The molecule has 1 aliphatic carbocycles. The Morgan fingerprint density at radius 2 is 1.72 bits per heavy atom. The van der Waals surface area contributed by atoms with E-state index in [2.05, 4.69) is 47.4 Å². The van der Waals surface area contributed by atoms with Gasteiger partial charge < -0.3 is 4.74 Å². The van der Waals surface area contributed by atoms with Gasteiger partial charge in [-0.25, -0.2) is 0 Å². The first-order valence-corrected chi connectivity index (χ1v) is 13.1. The first-order valence-electron chi connectivity index (χ1n) is 12.7. The van der Waals surface area contributed by atoms with E-state index in [1.54, 1.807) is 0 Å². The van der Waals surface area contributed by atoms with Crippen LogP contribution in [0.3, 0.4) is 0 Å². The summed E-state index contributed by atoms with van der Waals surface area (Å²) in [7, 11) is 1.44. The van der Waals surface area contributed by atoms with Crippen LogP contribution in [0.25, 0.3) is 5.57 Å². The van der Waals surface area contributed by atoms with Gasteiger partial charge in [-0.2, -0.15) is 0 Å². The normalized spacial score (nSPS) is 16.2. The van der Waals surface area contributed by atoms with E-state index in [9.17, 15) is 4.79 Å². The topological polar surface area (TPSA) is 42.4 Å². The molecule has 0 amide bonds. The van der Waals surface area contributed by atoms with Crippen LogP contribution in [-0.4, -0.2) is 36.1 Å². The molecule has 1 fully saturated rings. The van der Waals surface area contributed by atoms with Crippen LogP contribution in [0.15, 0.2) is 66.4 Å². The van der Waals surface area contributed by atoms with E-state index >= 15 is 0 Å². The molecule has 0 bridgehead atoms. The quantitative estimate of drug-likeness (QED) is 0.390. The van der Waals surface area contributed by atoms with E-state index in [0.717, 1.165) is 61.6 Å². The van der Waals surface area contributed by atoms with E-state index in [1.165, 1.54) is 40.5 Å². The highest BCUT2D eigenvalue weighted by Gasteiger charge is 2.31. The fourth-order valence-corrected chi connectivity index (χ4v) is 5.72. The number of carbonyl (C=O) groups is 1. The first kappa shape index (κ1) is 24.7. The molecule has 2 aromatic carbocycles. The fraction of sp³-hybridized carbons (Fsp3) is 0.355. The van der Waals surface area contributed by atoms with E-state index < -0.39 is 5.41 Å². The molecule has 3 aromatic rings. The molecule has 4 nitrogen and oxygen atoms in total. The Labute approximate surface area is 219 Å². The van der Waals surface area contributed by atoms with Gasteiger partial charge in [0.25, 0.3) is 0 Å². The molecule has 1 aliphatic heterocycles. The Kier molecular flexibility index (Phi) is 7.00. The number of hydrogen-bond acceptors (Lipinski definition) is 4. The summed E-state index contributed by atoms with van der Waals surface area (Å²) in [4.78, 5) is 19.5. The van der Waals surface area contributed by atoms with Gasteiger partial charge in [0.1, 0.15) is 0 Å². The third-order valence-corrected chi connectivity index (χ3v) is 7.95. The summed E-state index contributed by atoms with van der Waals surface area (Å²) in [6.07, 6.45) is 5.95. The maximum atomic E-state index is 12.1. The molecule has 186 valence electrons. The second kappa shape index (κ2) is 10.2. The number of methoxy groups -OCH3 is 1. The van der Waals surface area contributed by atoms with Crippen molar-refractivity contribution in [1.82, 2.24) is 9.88 Å². The van der Waals surface area contributed by atoms with Gasteiger partial charge in [0.15, 0.2) is 0 Å². The SMILES string of the molecule is COC(=O)C(C)(C)c1ccc(CN2CCC(=C3c4ccc(Cl)cc4CCc4cccnc43)CC2)cc1. The van der Waals surface area contributed by atoms with Crippen molar-refractivity contribution in [1.29, 1.82) is 0 Å². The summed E-state index contributed by atoms with van der Waals surface area (Å²) in [6.45, 7) is 6.74. The molecule has 36 heavy (non-hydrogen) atoms. The van der Waals surface area contributed by atoms with Gasteiger partial charge >= 0.3 is 5.97 Å². The standard InChI is InChI=1S/C31H33ClN2O2/c1-31(2,30(35)36-3)25-10-6-21(7-11-25)20-34-17-14-22(15-18-34)28-27-13-12-26(32)19-24(27)9-8-23-5-4-16-33-29(23)28/h4-7,10-13,16,19H,8-9,14-15,17-18,20H2,1-3H3. The molecule has 1 saturated heterocycles. The van der Waals surface area contributed by atoms with Gasteiger partial charge in [-0.05, 0) is 85.5 Å². The average Bonchev–Trinajstić information content (AvgIpc) is 3.05. The van der Waals surface area contributed by atoms with Crippen LogP contribution in [-0.2, 0) is 34.3 Å². The van der Waals surface area contributed by atoms with Gasteiger partial charge in [-0.15, -0.1) is 0 Å². The number of halogens is 1. The summed E-state index contributed by atoms with van der Waals surface area (Å²) < 4.78 is 4.98. The van der Waals surface area contributed by atoms with Gasteiger partial charge in [-0.3, -0.25) is 14.7 Å². The number of ether oxygens (including phenoxy) is 1. The summed E-state index contributed by atoms with van der Waals surface area (Å²) >= 11 is 6.37. The van der Waals surface area contributed by atoms with Crippen LogP contribution >= 0.6 is 11.6 Å². The number of nitrogens with zero attached hydrogens (tertiary/aromatic N) is 2. The van der Waals surface area contributed by atoms with Crippen LogP contribution in [0.4, 0.5) is 0 Å². The average molecular weight is 501 g/mol. The van der Waals surface area contributed by atoms with E-state index in [-0.39, 0.29) is 5.97 Å². The largest absolute Gasteiger partial charge is 0.468 e. The third kappa shape index (κ3) is 4.85. The minimum Gasteiger partial charge on any atom is -0.468 e. The molecule has 2 aliphatic rings. The van der Waals surface area contributed by atoms with Crippen molar-refractivity contribution in [3.05, 3.63) is 105 Å². The monoisotopic (exact) mass is 500 g/mol. The molecule has 0 radical (unpaired) electrons. The number of aryl methyl sites for hydroxylation is 2. The smallest absolute Gasteiger partial charge is 0.315 e. The second-order valence-electron chi connectivity index (χ2n) is 10.4. The Bertz CT molecular complexity index is 1300. The molecule has 0 unspecified atom stereocenters. The summed E-state index contributed by atoms with van der Waals surface area (Å²) in [5, 5.41) is 0.799. The highest BCUT2D eigenvalue weighted by atomic mass is 35.5. The van der Waals surface area contributed by atoms with E-state index in [0.29, 0.717) is 0 Å². The number of carbonyl (C=O) groups excluding carboxylic acids is 1. The maximum Gasteiger partial charge on any atom is 0.315 e. The van der Waals surface area contributed by atoms with Crippen molar-refractivity contribution in [3.63, 3.8) is 0 Å². The number of piperidine rings is 1. The first-order chi connectivity index (χ1) is 17.4. The number of likely N-dealkylation sites (tertiary alicyclic amines) is 1. The number of aromatic nitrogens is 1. The van der Waals surface area contributed by atoms with Gasteiger partial charge in [0.2, 0.25) is 0 Å². The van der Waals surface area contributed by atoms with Crippen LogP contribution in [0.2, 0.25) is 5.02 Å². The van der Waals surface area contributed by atoms with Crippen LogP contribution < -0.4 is 0 Å². The van der Waals surface area contributed by atoms with E-state index in [1.807, 2.05) is 32.2 Å². The Balaban J connectivity index is 1.35. The summed E-state index contributed by atoms with van der Waals surface area (Å²) in [5.41, 5.74) is 9.48. The number of fused-ring (bicyclic) bond motifs is 2. The van der Waals surface area contributed by atoms with Gasteiger partial charge in [-0.1, -0.05) is 53.6 Å². The van der Waals surface area contributed by atoms with Crippen molar-refractivity contribution in [2.24, 2.45) is 0 Å². The van der Waals surface area contributed by atoms with Crippen molar-refractivity contribution in [2.75, 3.05) is 20.2 Å². The predicted molar refractivity (Wildman–Crippen MR) is 145 cm³/mol. The number of pyridine rings is 1. The zero-order valence-electron chi connectivity index (χ0n) is 21.3. The lowest BCUT2D eigenvalue weighted by Crippen LogP contribution is -2.31. The molecule has 0 saturated carbocycles. The molecule has 5 rings (SSSR count). The number of benzene rings is 2. The zero-order chi connectivity index (χ0) is 25.3. The minimum atomic E-state index is -0.650.